The van der Waals surface area contributed by atoms with Crippen LogP contribution in [0.5, 0.6) is 0 Å². The van der Waals surface area contributed by atoms with Crippen molar-refractivity contribution in [2.24, 2.45) is 22.2 Å². The fraction of sp³-hybridized carbons (Fsp3) is 0.750. The Morgan fingerprint density at radius 3 is 2.33 bits per heavy atom. The first-order valence-corrected chi connectivity index (χ1v) is 8.70. The van der Waals surface area contributed by atoms with Gasteiger partial charge in [0.25, 0.3) is 0 Å². The highest BCUT2D eigenvalue weighted by atomic mass is 16.5. The van der Waals surface area contributed by atoms with Crippen LogP contribution in [0.4, 0.5) is 0 Å². The molecule has 0 aliphatic heterocycles. The number of rotatable bonds is 17. The number of nitrogens with zero attached hydrogens (tertiary/aromatic N) is 1. The van der Waals surface area contributed by atoms with Gasteiger partial charge in [0.05, 0.1) is 39.1 Å². The third kappa shape index (κ3) is 14.7. The van der Waals surface area contributed by atoms with Gasteiger partial charge in [-0.2, -0.15) is 0 Å². The second-order valence-electron chi connectivity index (χ2n) is 5.61. The Morgan fingerprint density at radius 1 is 1.11 bits per heavy atom. The predicted molar refractivity (Wildman–Crippen MR) is 99.0 cm³/mol. The number of amides is 1. The minimum absolute atomic E-state index is 0.0166. The van der Waals surface area contributed by atoms with Gasteiger partial charge in [-0.1, -0.05) is 0 Å². The van der Waals surface area contributed by atoms with Gasteiger partial charge in [-0.15, -0.1) is 0 Å². The van der Waals surface area contributed by atoms with E-state index in [9.17, 15) is 14.4 Å². The molecule has 0 heterocycles. The van der Waals surface area contributed by atoms with Crippen LogP contribution in [0.3, 0.4) is 0 Å². The third-order valence-corrected chi connectivity index (χ3v) is 3.27. The average molecular weight is 389 g/mol. The van der Waals surface area contributed by atoms with Crippen LogP contribution in [0.15, 0.2) is 4.99 Å². The van der Waals surface area contributed by atoms with E-state index < -0.39 is 12.1 Å². The van der Waals surface area contributed by atoms with E-state index in [1.807, 2.05) is 0 Å². The predicted octanol–water partition coefficient (Wildman–Crippen LogP) is -2.31. The summed E-state index contributed by atoms with van der Waals surface area (Å²) in [5, 5.41) is 2.67. The normalized spacial score (nSPS) is 12.8. The molecule has 0 saturated heterocycles. The van der Waals surface area contributed by atoms with Gasteiger partial charge >= 0.3 is 0 Å². The molecule has 0 aromatic rings. The number of aldehydes is 1. The van der Waals surface area contributed by atoms with Crippen molar-refractivity contribution in [1.82, 2.24) is 5.32 Å². The molecular weight excluding hydrogens is 358 g/mol. The van der Waals surface area contributed by atoms with E-state index in [1.165, 1.54) is 6.92 Å². The lowest BCUT2D eigenvalue weighted by atomic mass is 10.1. The fourth-order valence-electron chi connectivity index (χ4n) is 1.84. The van der Waals surface area contributed by atoms with Crippen molar-refractivity contribution >= 4 is 23.9 Å². The van der Waals surface area contributed by atoms with Crippen LogP contribution in [0.25, 0.3) is 0 Å². The van der Waals surface area contributed by atoms with Crippen LogP contribution < -0.4 is 22.5 Å². The molecule has 0 bridgehead atoms. The van der Waals surface area contributed by atoms with Crippen molar-refractivity contribution in [3.63, 3.8) is 0 Å². The van der Waals surface area contributed by atoms with Gasteiger partial charge in [0.2, 0.25) is 5.91 Å². The molecule has 0 aromatic carbocycles. The Kier molecular flexibility index (Phi) is 14.9. The lowest BCUT2D eigenvalue weighted by molar-refractivity contribution is -0.136. The van der Waals surface area contributed by atoms with Gasteiger partial charge in [0.1, 0.15) is 0 Å². The van der Waals surface area contributed by atoms with E-state index in [1.54, 1.807) is 0 Å². The lowest BCUT2D eigenvalue weighted by Gasteiger charge is -2.12. The summed E-state index contributed by atoms with van der Waals surface area (Å²) in [6.07, 6.45) is 0.513. The van der Waals surface area contributed by atoms with Gasteiger partial charge in [-0.25, -0.2) is 0 Å². The molecule has 2 atom stereocenters. The monoisotopic (exact) mass is 389 g/mol. The first-order chi connectivity index (χ1) is 12.9. The summed E-state index contributed by atoms with van der Waals surface area (Å²) in [5.74, 6) is -0.585. The summed E-state index contributed by atoms with van der Waals surface area (Å²) in [4.78, 5) is 37.0. The molecule has 0 aliphatic rings. The molecule has 0 rings (SSSR count). The number of guanidine groups is 1. The first kappa shape index (κ1) is 24.9. The zero-order valence-electron chi connectivity index (χ0n) is 15.7. The molecular formula is C16H31N5O6. The molecule has 1 amide bonds. The van der Waals surface area contributed by atoms with Crippen molar-refractivity contribution < 1.29 is 28.6 Å². The molecule has 0 fully saturated rings. The van der Waals surface area contributed by atoms with E-state index in [4.69, 9.17) is 31.4 Å². The summed E-state index contributed by atoms with van der Waals surface area (Å²) < 4.78 is 15.6. The molecule has 0 aromatic heterocycles. The van der Waals surface area contributed by atoms with Crippen molar-refractivity contribution in [1.29, 1.82) is 0 Å². The highest BCUT2D eigenvalue weighted by molar-refractivity contribution is 5.94. The number of Topliss-reactive ketones (excluding diaryl/α,β-unsaturated/α-hetero) is 1. The quantitative estimate of drug-likeness (QED) is 0.0698. The highest BCUT2D eigenvalue weighted by Gasteiger charge is 2.13. The Balaban J connectivity index is 3.50. The van der Waals surface area contributed by atoms with Gasteiger partial charge in [-0.3, -0.25) is 19.4 Å². The molecule has 0 aliphatic carbocycles. The number of nitrogens with two attached hydrogens (primary N) is 3. The number of nitrogens with one attached hydrogen (secondary N) is 1. The van der Waals surface area contributed by atoms with Crippen LogP contribution in [0.2, 0.25) is 0 Å². The topological polar surface area (TPSA) is 181 Å². The van der Waals surface area contributed by atoms with Gasteiger partial charge in [-0.05, 0) is 19.8 Å². The highest BCUT2D eigenvalue weighted by Crippen LogP contribution is 1.95. The number of hydrogen-bond donors (Lipinski definition) is 4. The van der Waals surface area contributed by atoms with Gasteiger partial charge < -0.3 is 36.7 Å². The number of ether oxygens (including phenoxy) is 3. The summed E-state index contributed by atoms with van der Waals surface area (Å²) in [6.45, 7) is 3.42. The Morgan fingerprint density at radius 2 is 1.74 bits per heavy atom. The Bertz CT molecular complexity index is 470. The van der Waals surface area contributed by atoms with E-state index in [0.29, 0.717) is 52.0 Å². The summed E-state index contributed by atoms with van der Waals surface area (Å²) >= 11 is 0. The van der Waals surface area contributed by atoms with E-state index >= 15 is 0 Å². The van der Waals surface area contributed by atoms with Crippen LogP contribution in [0.1, 0.15) is 19.8 Å². The fourth-order valence-corrected chi connectivity index (χ4v) is 1.84. The molecule has 11 nitrogen and oxygen atoms in total. The molecule has 1 unspecified atom stereocenters. The zero-order chi connectivity index (χ0) is 20.5. The zero-order valence-corrected chi connectivity index (χ0v) is 15.7. The standard InChI is InChI=1S/C16H31N5O6/c1-12(23)14(11-22)27-10-9-26-8-7-25-6-5-20-15(24)13(17)3-2-4-21-16(18)19/h11,13-14H,2-10,17H2,1H3,(H,20,24)(H4,18,19,21)/t13-,14?/m0/s1. The van der Waals surface area contributed by atoms with Crippen LogP contribution in [-0.2, 0) is 28.6 Å². The second kappa shape index (κ2) is 16.1. The number of hydrogen-bond acceptors (Lipinski definition) is 8. The smallest absolute Gasteiger partial charge is 0.236 e. The molecule has 0 saturated carbocycles. The summed E-state index contributed by atoms with van der Waals surface area (Å²) in [7, 11) is 0. The Labute approximate surface area is 159 Å². The largest absolute Gasteiger partial charge is 0.377 e. The van der Waals surface area contributed by atoms with Crippen molar-refractivity contribution in [2.75, 3.05) is 46.1 Å². The van der Waals surface area contributed by atoms with Gasteiger partial charge in [0.15, 0.2) is 24.1 Å². The molecule has 0 radical (unpaired) electrons. The number of aliphatic imine (C=N–C) groups is 1. The maximum atomic E-state index is 11.7. The molecule has 7 N–H and O–H groups in total. The van der Waals surface area contributed by atoms with Crippen molar-refractivity contribution in [3.8, 4) is 0 Å². The van der Waals surface area contributed by atoms with Gasteiger partial charge in [0, 0.05) is 13.1 Å². The molecule has 27 heavy (non-hydrogen) atoms. The maximum absolute atomic E-state index is 11.7. The first-order valence-electron chi connectivity index (χ1n) is 8.70. The van der Waals surface area contributed by atoms with E-state index in [2.05, 4.69) is 10.3 Å². The SMILES string of the molecule is CC(=O)C(C=O)OCCOCCOCCNC(=O)[C@@H](N)CCCN=C(N)N. The lowest BCUT2D eigenvalue weighted by Crippen LogP contribution is -2.42. The number of carbonyl (C=O) groups excluding carboxylic acids is 3. The molecule has 11 heteroatoms. The van der Waals surface area contributed by atoms with Crippen LogP contribution in [-0.4, -0.2) is 82.2 Å². The van der Waals surface area contributed by atoms with Crippen LogP contribution >= 0.6 is 0 Å². The number of carbonyl (C=O) groups is 3. The minimum atomic E-state index is -1.04. The van der Waals surface area contributed by atoms with Crippen molar-refractivity contribution in [2.45, 2.75) is 31.9 Å². The van der Waals surface area contributed by atoms with E-state index in [-0.39, 0.29) is 30.9 Å². The number of ketones is 1. The Hall–Kier alpha value is -2.08. The molecule has 0 spiro atoms. The maximum Gasteiger partial charge on any atom is 0.236 e. The minimum Gasteiger partial charge on any atom is -0.377 e. The second-order valence-corrected chi connectivity index (χ2v) is 5.61. The van der Waals surface area contributed by atoms with Crippen molar-refractivity contribution in [3.05, 3.63) is 0 Å². The average Bonchev–Trinajstić information content (AvgIpc) is 2.62. The summed E-state index contributed by atoms with van der Waals surface area (Å²) in [6, 6.07) is -0.618. The molecule has 156 valence electrons. The van der Waals surface area contributed by atoms with E-state index in [0.717, 1.165) is 0 Å². The third-order valence-electron chi connectivity index (χ3n) is 3.27. The van der Waals surface area contributed by atoms with Crippen LogP contribution in [0, 0.1) is 0 Å². The summed E-state index contributed by atoms with van der Waals surface area (Å²) in [5.41, 5.74) is 16.2.